The SMILES string of the molecule is Cc1cc(C)n(-c2cccc(Oc3cc(N4CN(C)c5ccccc54)ccn3)c2)n1. The number of aromatic nitrogens is 3. The molecule has 1 aliphatic rings. The molecule has 1 aliphatic heterocycles. The van der Waals surface area contributed by atoms with Crippen LogP contribution >= 0.6 is 0 Å². The van der Waals surface area contributed by atoms with Gasteiger partial charge in [-0.2, -0.15) is 5.10 Å². The summed E-state index contributed by atoms with van der Waals surface area (Å²) < 4.78 is 8.03. The zero-order valence-corrected chi connectivity index (χ0v) is 17.3. The first-order valence-electron chi connectivity index (χ1n) is 9.94. The van der Waals surface area contributed by atoms with Gasteiger partial charge in [-0.25, -0.2) is 9.67 Å². The van der Waals surface area contributed by atoms with E-state index in [0.29, 0.717) is 5.88 Å². The highest BCUT2D eigenvalue weighted by atomic mass is 16.5. The molecule has 0 amide bonds. The van der Waals surface area contributed by atoms with Gasteiger partial charge in [0.05, 0.1) is 29.4 Å². The van der Waals surface area contributed by atoms with E-state index in [1.54, 1.807) is 6.20 Å². The molecule has 0 unspecified atom stereocenters. The van der Waals surface area contributed by atoms with Gasteiger partial charge >= 0.3 is 0 Å². The third-order valence-electron chi connectivity index (χ3n) is 5.26. The molecule has 6 heteroatoms. The van der Waals surface area contributed by atoms with Crippen LogP contribution in [-0.2, 0) is 0 Å². The van der Waals surface area contributed by atoms with Crippen molar-refractivity contribution in [1.29, 1.82) is 0 Å². The summed E-state index contributed by atoms with van der Waals surface area (Å²) in [7, 11) is 2.10. The molecule has 5 rings (SSSR count). The Balaban J connectivity index is 1.42. The van der Waals surface area contributed by atoms with Crippen molar-refractivity contribution in [3.63, 3.8) is 0 Å². The van der Waals surface area contributed by atoms with E-state index in [-0.39, 0.29) is 0 Å². The molecule has 150 valence electrons. The molecule has 6 nitrogen and oxygen atoms in total. The summed E-state index contributed by atoms with van der Waals surface area (Å²) in [6.45, 7) is 4.83. The van der Waals surface area contributed by atoms with Crippen molar-refractivity contribution < 1.29 is 4.74 Å². The van der Waals surface area contributed by atoms with Gasteiger partial charge in [0.25, 0.3) is 0 Å². The average Bonchev–Trinajstić information content (AvgIpc) is 3.27. The lowest BCUT2D eigenvalue weighted by Crippen LogP contribution is -2.23. The van der Waals surface area contributed by atoms with E-state index in [1.807, 2.05) is 54.9 Å². The Kier molecular flexibility index (Phi) is 4.39. The van der Waals surface area contributed by atoms with Gasteiger partial charge in [0.2, 0.25) is 5.88 Å². The van der Waals surface area contributed by atoms with Crippen molar-refractivity contribution in [2.45, 2.75) is 13.8 Å². The minimum absolute atomic E-state index is 0.560. The second-order valence-corrected chi connectivity index (χ2v) is 7.55. The van der Waals surface area contributed by atoms with Gasteiger partial charge in [-0.1, -0.05) is 18.2 Å². The van der Waals surface area contributed by atoms with Crippen molar-refractivity contribution >= 4 is 17.1 Å². The number of hydrogen-bond donors (Lipinski definition) is 0. The summed E-state index contributed by atoms with van der Waals surface area (Å²) in [5.74, 6) is 1.29. The molecule has 0 spiro atoms. The highest BCUT2D eigenvalue weighted by Gasteiger charge is 2.24. The van der Waals surface area contributed by atoms with E-state index < -0.39 is 0 Å². The second kappa shape index (κ2) is 7.22. The van der Waals surface area contributed by atoms with Crippen molar-refractivity contribution in [3.05, 3.63) is 84.3 Å². The Hall–Kier alpha value is -3.80. The lowest BCUT2D eigenvalue weighted by Gasteiger charge is -2.20. The first-order chi connectivity index (χ1) is 14.6. The van der Waals surface area contributed by atoms with Crippen LogP contribution in [0.5, 0.6) is 11.6 Å². The van der Waals surface area contributed by atoms with E-state index in [9.17, 15) is 0 Å². The first-order valence-corrected chi connectivity index (χ1v) is 9.94. The summed E-state index contributed by atoms with van der Waals surface area (Å²) in [4.78, 5) is 8.91. The molecular formula is C24H23N5O. The molecule has 4 aromatic rings. The summed E-state index contributed by atoms with van der Waals surface area (Å²) >= 11 is 0. The molecular weight excluding hydrogens is 374 g/mol. The van der Waals surface area contributed by atoms with E-state index in [0.717, 1.165) is 35.2 Å². The van der Waals surface area contributed by atoms with Crippen LogP contribution in [0.15, 0.2) is 72.9 Å². The monoisotopic (exact) mass is 397 g/mol. The van der Waals surface area contributed by atoms with Crippen LogP contribution in [0.25, 0.3) is 5.69 Å². The summed E-state index contributed by atoms with van der Waals surface area (Å²) in [5.41, 5.74) is 6.49. The highest BCUT2D eigenvalue weighted by Crippen LogP contribution is 2.40. The molecule has 3 heterocycles. The van der Waals surface area contributed by atoms with Crippen LogP contribution < -0.4 is 14.5 Å². The van der Waals surface area contributed by atoms with E-state index >= 15 is 0 Å². The Labute approximate surface area is 176 Å². The fourth-order valence-electron chi connectivity index (χ4n) is 3.91. The van der Waals surface area contributed by atoms with Crippen LogP contribution in [0.4, 0.5) is 17.1 Å². The number of aryl methyl sites for hydroxylation is 2. The molecule has 0 fully saturated rings. The number of para-hydroxylation sites is 2. The summed E-state index contributed by atoms with van der Waals surface area (Å²) in [5, 5.41) is 4.56. The Morgan fingerprint density at radius 1 is 0.867 bits per heavy atom. The van der Waals surface area contributed by atoms with Crippen LogP contribution in [0, 0.1) is 13.8 Å². The number of nitrogens with zero attached hydrogens (tertiary/aromatic N) is 5. The summed E-state index contributed by atoms with van der Waals surface area (Å²) in [6, 6.07) is 22.4. The van der Waals surface area contributed by atoms with Crippen molar-refractivity contribution in [2.24, 2.45) is 0 Å². The molecule has 2 aromatic carbocycles. The first kappa shape index (κ1) is 18.2. The molecule has 0 N–H and O–H groups in total. The van der Waals surface area contributed by atoms with Crippen molar-refractivity contribution in [1.82, 2.24) is 14.8 Å². The minimum Gasteiger partial charge on any atom is -0.439 e. The maximum atomic E-state index is 6.11. The highest BCUT2D eigenvalue weighted by molar-refractivity contribution is 5.82. The van der Waals surface area contributed by atoms with E-state index in [2.05, 4.69) is 57.3 Å². The largest absolute Gasteiger partial charge is 0.439 e. The van der Waals surface area contributed by atoms with Gasteiger partial charge in [-0.15, -0.1) is 0 Å². The van der Waals surface area contributed by atoms with Crippen molar-refractivity contribution in [2.75, 3.05) is 23.5 Å². The number of ether oxygens (including phenoxy) is 1. The van der Waals surface area contributed by atoms with E-state index in [4.69, 9.17) is 4.74 Å². The molecule has 2 aromatic heterocycles. The van der Waals surface area contributed by atoms with Crippen LogP contribution in [-0.4, -0.2) is 28.5 Å². The Morgan fingerprint density at radius 3 is 2.50 bits per heavy atom. The Morgan fingerprint density at radius 2 is 1.70 bits per heavy atom. The predicted octanol–water partition coefficient (Wildman–Crippen LogP) is 5.22. The topological polar surface area (TPSA) is 46.4 Å². The van der Waals surface area contributed by atoms with Gasteiger partial charge in [0.15, 0.2) is 0 Å². The number of hydrogen-bond acceptors (Lipinski definition) is 5. The average molecular weight is 397 g/mol. The third-order valence-corrected chi connectivity index (χ3v) is 5.26. The van der Waals surface area contributed by atoms with Gasteiger partial charge in [-0.05, 0) is 50.2 Å². The molecule has 30 heavy (non-hydrogen) atoms. The molecule has 0 radical (unpaired) electrons. The van der Waals surface area contributed by atoms with Gasteiger partial charge in [0.1, 0.15) is 5.75 Å². The smallest absolute Gasteiger partial charge is 0.221 e. The zero-order valence-electron chi connectivity index (χ0n) is 17.3. The minimum atomic E-state index is 0.560. The lowest BCUT2D eigenvalue weighted by molar-refractivity contribution is 0.462. The number of anilines is 3. The molecule has 0 saturated carbocycles. The number of rotatable bonds is 4. The maximum Gasteiger partial charge on any atom is 0.221 e. The maximum absolute atomic E-state index is 6.11. The fraction of sp³-hybridized carbons (Fsp3) is 0.167. The van der Waals surface area contributed by atoms with Crippen LogP contribution in [0.2, 0.25) is 0 Å². The van der Waals surface area contributed by atoms with Crippen LogP contribution in [0.3, 0.4) is 0 Å². The number of benzene rings is 2. The van der Waals surface area contributed by atoms with Gasteiger partial charge in [-0.3, -0.25) is 0 Å². The molecule has 0 atom stereocenters. The number of pyridine rings is 1. The lowest BCUT2D eigenvalue weighted by atomic mass is 10.2. The second-order valence-electron chi connectivity index (χ2n) is 7.55. The van der Waals surface area contributed by atoms with Crippen molar-refractivity contribution in [3.8, 4) is 17.3 Å². The predicted molar refractivity (Wildman–Crippen MR) is 119 cm³/mol. The normalized spacial score (nSPS) is 12.9. The summed E-state index contributed by atoms with van der Waals surface area (Å²) in [6.07, 6.45) is 1.79. The fourth-order valence-corrected chi connectivity index (χ4v) is 3.91. The molecule has 0 aliphatic carbocycles. The number of fused-ring (bicyclic) bond motifs is 1. The third kappa shape index (κ3) is 3.26. The zero-order chi connectivity index (χ0) is 20.7. The standard InChI is InChI=1S/C24H23N5O/c1-17-13-18(2)29(26-17)20-7-6-8-21(14-20)30-24-15-19(11-12-25-24)28-16-27(3)22-9-4-5-10-23(22)28/h4-15H,16H2,1-3H3. The van der Waals surface area contributed by atoms with Crippen LogP contribution in [0.1, 0.15) is 11.4 Å². The van der Waals surface area contributed by atoms with Gasteiger partial charge in [0, 0.05) is 36.8 Å². The Bertz CT molecular complexity index is 1220. The molecule has 0 saturated heterocycles. The van der Waals surface area contributed by atoms with E-state index in [1.165, 1.54) is 11.4 Å². The van der Waals surface area contributed by atoms with Gasteiger partial charge < -0.3 is 14.5 Å². The molecule has 0 bridgehead atoms. The quantitative estimate of drug-likeness (QED) is 0.472.